The summed E-state index contributed by atoms with van der Waals surface area (Å²) >= 11 is 5.65. The van der Waals surface area contributed by atoms with E-state index in [2.05, 4.69) is 10.6 Å². The molecule has 6 heteroatoms. The smallest absolute Gasteiger partial charge is 0.252 e. The van der Waals surface area contributed by atoms with E-state index in [9.17, 15) is 9.18 Å². The standard InChI is InChI=1S/C10H12ClFN2O.ClH/c1-13-5-6-14-10(15)7-3-2-4-8(12)9(7)11;/h2-4,13H,5-6H2,1H3,(H,14,15);1H. The van der Waals surface area contributed by atoms with Crippen LogP contribution in [0.15, 0.2) is 18.2 Å². The van der Waals surface area contributed by atoms with E-state index in [1.54, 1.807) is 7.05 Å². The van der Waals surface area contributed by atoms with E-state index in [-0.39, 0.29) is 28.9 Å². The van der Waals surface area contributed by atoms with Crippen molar-refractivity contribution >= 4 is 29.9 Å². The zero-order valence-electron chi connectivity index (χ0n) is 8.72. The Hall–Kier alpha value is -0.840. The lowest BCUT2D eigenvalue weighted by Crippen LogP contribution is -2.30. The van der Waals surface area contributed by atoms with E-state index in [1.807, 2.05) is 0 Å². The second-order valence-corrected chi connectivity index (χ2v) is 3.34. The third-order valence-corrected chi connectivity index (χ3v) is 2.24. The van der Waals surface area contributed by atoms with Crippen LogP contribution in [0.25, 0.3) is 0 Å². The van der Waals surface area contributed by atoms with Crippen LogP contribution < -0.4 is 10.6 Å². The average Bonchev–Trinajstić information content (AvgIpc) is 2.22. The van der Waals surface area contributed by atoms with Crippen LogP contribution >= 0.6 is 24.0 Å². The van der Waals surface area contributed by atoms with Crippen LogP contribution in [0.5, 0.6) is 0 Å². The minimum absolute atomic E-state index is 0. The van der Waals surface area contributed by atoms with Gasteiger partial charge in [-0.1, -0.05) is 17.7 Å². The van der Waals surface area contributed by atoms with Gasteiger partial charge in [-0.05, 0) is 19.2 Å². The summed E-state index contributed by atoms with van der Waals surface area (Å²) in [6.45, 7) is 1.13. The highest BCUT2D eigenvalue weighted by Gasteiger charge is 2.12. The maximum absolute atomic E-state index is 13.0. The van der Waals surface area contributed by atoms with Crippen LogP contribution in [0.4, 0.5) is 4.39 Å². The van der Waals surface area contributed by atoms with Gasteiger partial charge in [0.1, 0.15) is 5.82 Å². The number of rotatable bonds is 4. The Kier molecular flexibility index (Phi) is 7.05. The van der Waals surface area contributed by atoms with E-state index in [0.29, 0.717) is 13.1 Å². The fourth-order valence-corrected chi connectivity index (χ4v) is 1.29. The molecule has 1 aromatic rings. The molecule has 1 rings (SSSR count). The number of carbonyl (C=O) groups is 1. The van der Waals surface area contributed by atoms with Gasteiger partial charge in [0.25, 0.3) is 5.91 Å². The Bertz CT molecular complexity index is 361. The number of benzene rings is 1. The summed E-state index contributed by atoms with van der Waals surface area (Å²) in [7, 11) is 1.78. The van der Waals surface area contributed by atoms with Crippen molar-refractivity contribution in [3.63, 3.8) is 0 Å². The minimum Gasteiger partial charge on any atom is -0.351 e. The number of hydrogen-bond acceptors (Lipinski definition) is 2. The Morgan fingerprint density at radius 3 is 2.75 bits per heavy atom. The Morgan fingerprint density at radius 1 is 1.44 bits per heavy atom. The molecule has 2 N–H and O–H groups in total. The summed E-state index contributed by atoms with van der Waals surface area (Å²) < 4.78 is 13.0. The molecule has 0 aliphatic rings. The molecule has 0 unspecified atom stereocenters. The normalized spacial score (nSPS) is 9.44. The third kappa shape index (κ3) is 3.96. The summed E-state index contributed by atoms with van der Waals surface area (Å²) in [5, 5.41) is 5.35. The second-order valence-electron chi connectivity index (χ2n) is 2.96. The molecule has 0 aliphatic carbocycles. The predicted molar refractivity (Wildman–Crippen MR) is 64.9 cm³/mol. The molecule has 0 atom stereocenters. The van der Waals surface area contributed by atoms with Crippen molar-refractivity contribution in [2.45, 2.75) is 0 Å². The van der Waals surface area contributed by atoms with Gasteiger partial charge in [-0.15, -0.1) is 12.4 Å². The lowest BCUT2D eigenvalue weighted by Gasteiger charge is -2.06. The fraction of sp³-hybridized carbons (Fsp3) is 0.300. The summed E-state index contributed by atoms with van der Waals surface area (Å²) in [4.78, 5) is 11.5. The van der Waals surface area contributed by atoms with Crippen LogP contribution in [0.3, 0.4) is 0 Å². The first-order chi connectivity index (χ1) is 7.16. The Labute approximate surface area is 105 Å². The summed E-state index contributed by atoms with van der Waals surface area (Å²) in [6, 6.07) is 4.15. The van der Waals surface area contributed by atoms with Crippen LogP contribution in [-0.4, -0.2) is 26.0 Å². The molecule has 0 heterocycles. The highest BCUT2D eigenvalue weighted by molar-refractivity contribution is 6.34. The van der Waals surface area contributed by atoms with Crippen LogP contribution in [0.2, 0.25) is 5.02 Å². The fourth-order valence-electron chi connectivity index (χ4n) is 1.08. The summed E-state index contributed by atoms with van der Waals surface area (Å²) in [5.74, 6) is -0.951. The van der Waals surface area contributed by atoms with Gasteiger partial charge in [-0.25, -0.2) is 4.39 Å². The maximum atomic E-state index is 13.0. The van der Waals surface area contributed by atoms with Gasteiger partial charge in [0.15, 0.2) is 0 Å². The van der Waals surface area contributed by atoms with Crippen molar-refractivity contribution in [1.29, 1.82) is 0 Å². The number of carbonyl (C=O) groups excluding carboxylic acids is 1. The molecule has 0 bridgehead atoms. The van der Waals surface area contributed by atoms with Gasteiger partial charge in [0.05, 0.1) is 10.6 Å². The molecule has 16 heavy (non-hydrogen) atoms. The molecule has 3 nitrogen and oxygen atoms in total. The van der Waals surface area contributed by atoms with Gasteiger partial charge >= 0.3 is 0 Å². The molecular weight excluding hydrogens is 254 g/mol. The highest BCUT2D eigenvalue weighted by atomic mass is 35.5. The zero-order chi connectivity index (χ0) is 11.3. The lowest BCUT2D eigenvalue weighted by molar-refractivity contribution is 0.0954. The van der Waals surface area contributed by atoms with E-state index in [1.165, 1.54) is 18.2 Å². The van der Waals surface area contributed by atoms with Crippen molar-refractivity contribution in [3.05, 3.63) is 34.6 Å². The monoisotopic (exact) mass is 266 g/mol. The first-order valence-corrected chi connectivity index (χ1v) is 4.91. The average molecular weight is 267 g/mol. The predicted octanol–water partition coefficient (Wildman–Crippen LogP) is 1.85. The van der Waals surface area contributed by atoms with E-state index >= 15 is 0 Å². The van der Waals surface area contributed by atoms with Crippen molar-refractivity contribution < 1.29 is 9.18 Å². The van der Waals surface area contributed by atoms with Gasteiger partial charge in [-0.2, -0.15) is 0 Å². The molecule has 0 saturated heterocycles. The number of likely N-dealkylation sites (N-methyl/N-ethyl adjacent to an activating group) is 1. The first kappa shape index (κ1) is 15.2. The molecule has 1 amide bonds. The SMILES string of the molecule is CNCCNC(=O)c1cccc(F)c1Cl.Cl. The summed E-state index contributed by atoms with van der Waals surface area (Å²) in [6.07, 6.45) is 0. The van der Waals surface area contributed by atoms with Crippen molar-refractivity contribution in [3.8, 4) is 0 Å². The Balaban J connectivity index is 0.00000225. The highest BCUT2D eigenvalue weighted by Crippen LogP contribution is 2.19. The maximum Gasteiger partial charge on any atom is 0.252 e. The number of hydrogen-bond donors (Lipinski definition) is 2. The largest absolute Gasteiger partial charge is 0.351 e. The summed E-state index contributed by atoms with van der Waals surface area (Å²) in [5.41, 5.74) is 0.160. The third-order valence-electron chi connectivity index (χ3n) is 1.86. The van der Waals surface area contributed by atoms with Gasteiger partial charge in [-0.3, -0.25) is 4.79 Å². The molecule has 90 valence electrons. The van der Waals surface area contributed by atoms with Crippen molar-refractivity contribution in [1.82, 2.24) is 10.6 Å². The number of halogens is 3. The van der Waals surface area contributed by atoms with E-state index < -0.39 is 5.82 Å². The Morgan fingerprint density at radius 2 is 2.12 bits per heavy atom. The van der Waals surface area contributed by atoms with E-state index in [4.69, 9.17) is 11.6 Å². The van der Waals surface area contributed by atoms with Crippen molar-refractivity contribution in [2.24, 2.45) is 0 Å². The van der Waals surface area contributed by atoms with E-state index in [0.717, 1.165) is 0 Å². The molecule has 0 radical (unpaired) electrons. The van der Waals surface area contributed by atoms with Crippen LogP contribution in [0, 0.1) is 5.82 Å². The number of amides is 1. The van der Waals surface area contributed by atoms with Crippen molar-refractivity contribution in [2.75, 3.05) is 20.1 Å². The number of nitrogens with one attached hydrogen (secondary N) is 2. The van der Waals surface area contributed by atoms with Gasteiger partial charge in [0.2, 0.25) is 0 Å². The van der Waals surface area contributed by atoms with Crippen LogP contribution in [-0.2, 0) is 0 Å². The molecule has 0 aliphatic heterocycles. The molecular formula is C10H13Cl2FN2O. The molecule has 0 saturated carbocycles. The quantitative estimate of drug-likeness (QED) is 0.817. The second kappa shape index (κ2) is 7.44. The lowest BCUT2D eigenvalue weighted by atomic mass is 10.2. The molecule has 0 aromatic heterocycles. The topological polar surface area (TPSA) is 41.1 Å². The zero-order valence-corrected chi connectivity index (χ0v) is 10.3. The van der Waals surface area contributed by atoms with Gasteiger partial charge in [0, 0.05) is 13.1 Å². The van der Waals surface area contributed by atoms with Crippen LogP contribution in [0.1, 0.15) is 10.4 Å². The molecule has 0 fully saturated rings. The minimum atomic E-state index is -0.585. The van der Waals surface area contributed by atoms with Gasteiger partial charge < -0.3 is 10.6 Å². The first-order valence-electron chi connectivity index (χ1n) is 4.53. The molecule has 0 spiro atoms. The molecule has 1 aromatic carbocycles.